The Kier molecular flexibility index (Phi) is 5.71. The summed E-state index contributed by atoms with van der Waals surface area (Å²) in [4.78, 5) is 4.89. The first kappa shape index (κ1) is 25.0. The average molecular weight is 579 g/mol. The van der Waals surface area contributed by atoms with Crippen LogP contribution in [0.4, 0.5) is 0 Å². The monoisotopic (exact) mass is 578 g/mol. The van der Waals surface area contributed by atoms with Gasteiger partial charge in [-0.2, -0.15) is 0 Å². The summed E-state index contributed by atoms with van der Waals surface area (Å²) in [5.74, 6) is 0. The maximum absolute atomic E-state index is 4.89. The fourth-order valence-corrected chi connectivity index (χ4v) is 7.84. The van der Waals surface area contributed by atoms with Gasteiger partial charge in [-0.15, -0.1) is 11.3 Å². The van der Waals surface area contributed by atoms with Gasteiger partial charge in [-0.1, -0.05) is 115 Å². The lowest BCUT2D eigenvalue weighted by molar-refractivity contribution is 1.20. The molecule has 206 valence electrons. The maximum atomic E-state index is 4.89. The molecule has 0 N–H and O–H groups in total. The van der Waals surface area contributed by atoms with E-state index < -0.39 is 0 Å². The van der Waals surface area contributed by atoms with E-state index in [0.29, 0.717) is 0 Å². The SMILES string of the molecule is c1ccc(-c2ccc3c4cc(-c5ncccc5-c5ccccc5)ccc4n(-c4cccc5c4sc4ccccc45)c3c2)cc1. The molecule has 6 aromatic carbocycles. The zero-order valence-electron chi connectivity index (χ0n) is 23.8. The predicted molar refractivity (Wildman–Crippen MR) is 188 cm³/mol. The Morgan fingerprint density at radius 3 is 2.07 bits per heavy atom. The van der Waals surface area contributed by atoms with E-state index in [4.69, 9.17) is 4.98 Å². The van der Waals surface area contributed by atoms with Crippen LogP contribution in [0.25, 0.3) is 81.2 Å². The predicted octanol–water partition coefficient (Wildman–Crippen LogP) is 11.5. The van der Waals surface area contributed by atoms with Gasteiger partial charge in [0.2, 0.25) is 0 Å². The molecule has 0 amide bonds. The van der Waals surface area contributed by atoms with Crippen LogP contribution < -0.4 is 0 Å². The number of hydrogen-bond donors (Lipinski definition) is 0. The minimum absolute atomic E-state index is 0.994. The van der Waals surface area contributed by atoms with Gasteiger partial charge in [-0.3, -0.25) is 4.98 Å². The van der Waals surface area contributed by atoms with Gasteiger partial charge >= 0.3 is 0 Å². The van der Waals surface area contributed by atoms with Crippen LogP contribution in [0.2, 0.25) is 0 Å². The molecule has 2 nitrogen and oxygen atoms in total. The van der Waals surface area contributed by atoms with Crippen LogP contribution >= 0.6 is 11.3 Å². The summed E-state index contributed by atoms with van der Waals surface area (Å²) in [7, 11) is 0. The first-order chi connectivity index (χ1) is 21.8. The fourth-order valence-electron chi connectivity index (χ4n) is 6.63. The van der Waals surface area contributed by atoms with Crippen molar-refractivity contribution in [1.29, 1.82) is 0 Å². The van der Waals surface area contributed by atoms with E-state index >= 15 is 0 Å². The Morgan fingerprint density at radius 1 is 0.455 bits per heavy atom. The van der Waals surface area contributed by atoms with Crippen LogP contribution in [0, 0.1) is 0 Å². The first-order valence-corrected chi connectivity index (χ1v) is 15.7. The number of thiophene rings is 1. The Labute approximate surface area is 259 Å². The lowest BCUT2D eigenvalue weighted by Gasteiger charge is -2.11. The number of rotatable bonds is 4. The topological polar surface area (TPSA) is 17.8 Å². The molecule has 0 saturated carbocycles. The summed E-state index contributed by atoms with van der Waals surface area (Å²) in [5, 5.41) is 5.07. The Morgan fingerprint density at radius 2 is 1.20 bits per heavy atom. The molecule has 3 heterocycles. The normalized spacial score (nSPS) is 11.6. The van der Waals surface area contributed by atoms with Crippen molar-refractivity contribution in [3.63, 3.8) is 0 Å². The fraction of sp³-hybridized carbons (Fsp3) is 0. The van der Waals surface area contributed by atoms with E-state index in [1.807, 2.05) is 23.6 Å². The molecule has 0 saturated heterocycles. The molecule has 0 radical (unpaired) electrons. The van der Waals surface area contributed by atoms with Gasteiger partial charge in [0.05, 0.1) is 27.1 Å². The van der Waals surface area contributed by atoms with Crippen molar-refractivity contribution in [2.75, 3.05) is 0 Å². The third-order valence-corrected chi connectivity index (χ3v) is 9.87. The van der Waals surface area contributed by atoms with E-state index in [-0.39, 0.29) is 0 Å². The molecule has 0 aliphatic carbocycles. The summed E-state index contributed by atoms with van der Waals surface area (Å²) in [6.45, 7) is 0. The molecule has 3 aromatic heterocycles. The van der Waals surface area contributed by atoms with Crippen molar-refractivity contribution in [2.45, 2.75) is 0 Å². The van der Waals surface area contributed by atoms with Gasteiger partial charge in [0.25, 0.3) is 0 Å². The third-order valence-electron chi connectivity index (χ3n) is 8.66. The van der Waals surface area contributed by atoms with E-state index in [2.05, 4.69) is 150 Å². The second kappa shape index (κ2) is 10.0. The van der Waals surface area contributed by atoms with Gasteiger partial charge in [0.15, 0.2) is 0 Å². The second-order valence-electron chi connectivity index (χ2n) is 11.2. The van der Waals surface area contributed by atoms with Crippen LogP contribution in [0.15, 0.2) is 158 Å². The minimum atomic E-state index is 0.994. The van der Waals surface area contributed by atoms with Gasteiger partial charge in [0.1, 0.15) is 0 Å². The number of nitrogens with zero attached hydrogens (tertiary/aromatic N) is 2. The first-order valence-electron chi connectivity index (χ1n) is 14.9. The highest BCUT2D eigenvalue weighted by atomic mass is 32.1. The third kappa shape index (κ3) is 3.90. The highest BCUT2D eigenvalue weighted by Gasteiger charge is 2.19. The number of aromatic nitrogens is 2. The largest absolute Gasteiger partial charge is 0.308 e. The van der Waals surface area contributed by atoms with Gasteiger partial charge in [-0.25, -0.2) is 0 Å². The van der Waals surface area contributed by atoms with Crippen molar-refractivity contribution in [3.05, 3.63) is 158 Å². The van der Waals surface area contributed by atoms with Crippen LogP contribution in [0.1, 0.15) is 0 Å². The number of fused-ring (bicyclic) bond motifs is 6. The van der Waals surface area contributed by atoms with Crippen LogP contribution in [0.5, 0.6) is 0 Å². The highest BCUT2D eigenvalue weighted by molar-refractivity contribution is 7.26. The van der Waals surface area contributed by atoms with Crippen LogP contribution in [-0.2, 0) is 0 Å². The zero-order valence-corrected chi connectivity index (χ0v) is 24.6. The number of benzene rings is 6. The molecule has 0 bridgehead atoms. The molecule has 0 aliphatic heterocycles. The lowest BCUT2D eigenvalue weighted by atomic mass is 9.98. The molecule has 3 heteroatoms. The lowest BCUT2D eigenvalue weighted by Crippen LogP contribution is -1.94. The second-order valence-corrected chi connectivity index (χ2v) is 12.2. The molecule has 44 heavy (non-hydrogen) atoms. The van der Waals surface area contributed by atoms with Crippen molar-refractivity contribution in [3.8, 4) is 39.2 Å². The van der Waals surface area contributed by atoms with E-state index in [9.17, 15) is 0 Å². The van der Waals surface area contributed by atoms with Crippen LogP contribution in [0.3, 0.4) is 0 Å². The smallest absolute Gasteiger partial charge is 0.0780 e. The Hall–Kier alpha value is -5.51. The summed E-state index contributed by atoms with van der Waals surface area (Å²) in [6.07, 6.45) is 1.89. The molecule has 9 aromatic rings. The molecule has 0 fully saturated rings. The standard InChI is InChI=1S/C41H26N2S/c1-3-11-27(12-4-1)29-20-22-32-35-25-30(40-31(17-10-24-42-40)28-13-5-2-6-14-28)21-23-36(35)43(38(32)26-29)37-18-9-16-34-33-15-7-8-19-39(33)44-41(34)37/h1-26H. The van der Waals surface area contributed by atoms with Crippen molar-refractivity contribution < 1.29 is 0 Å². The van der Waals surface area contributed by atoms with Gasteiger partial charge < -0.3 is 4.57 Å². The molecule has 0 aliphatic rings. The summed E-state index contributed by atoms with van der Waals surface area (Å²) in [6, 6.07) is 54.6. The molecule has 0 spiro atoms. The quantitative estimate of drug-likeness (QED) is 0.203. The molecule has 0 atom stereocenters. The minimum Gasteiger partial charge on any atom is -0.308 e. The van der Waals surface area contributed by atoms with E-state index in [0.717, 1.165) is 16.8 Å². The number of pyridine rings is 1. The summed E-state index contributed by atoms with van der Waals surface area (Å²) < 4.78 is 5.08. The van der Waals surface area contributed by atoms with Crippen molar-refractivity contribution >= 4 is 53.3 Å². The number of hydrogen-bond acceptors (Lipinski definition) is 2. The Bertz CT molecular complexity index is 2490. The Balaban J connectivity index is 1.35. The van der Waals surface area contributed by atoms with E-state index in [1.54, 1.807) is 0 Å². The summed E-state index contributed by atoms with van der Waals surface area (Å²) in [5.41, 5.74) is 10.4. The van der Waals surface area contributed by atoms with Crippen LogP contribution in [-0.4, -0.2) is 9.55 Å². The van der Waals surface area contributed by atoms with Gasteiger partial charge in [-0.05, 0) is 53.1 Å². The molecular formula is C41H26N2S. The van der Waals surface area contributed by atoms with E-state index in [1.165, 1.54) is 64.4 Å². The molecule has 9 rings (SSSR count). The molecule has 0 unspecified atom stereocenters. The summed E-state index contributed by atoms with van der Waals surface area (Å²) >= 11 is 1.87. The zero-order chi connectivity index (χ0) is 29.0. The average Bonchev–Trinajstić information content (AvgIpc) is 3.64. The van der Waals surface area contributed by atoms with Crippen molar-refractivity contribution in [2.24, 2.45) is 0 Å². The van der Waals surface area contributed by atoms with Crippen molar-refractivity contribution in [1.82, 2.24) is 9.55 Å². The highest BCUT2D eigenvalue weighted by Crippen LogP contribution is 2.42. The molecular weight excluding hydrogens is 553 g/mol. The van der Waals surface area contributed by atoms with Gasteiger partial charge in [0, 0.05) is 43.6 Å². The maximum Gasteiger partial charge on any atom is 0.0780 e.